The molecule has 94 valence electrons. The van der Waals surface area contributed by atoms with Crippen LogP contribution in [0, 0.1) is 0 Å². The Bertz CT molecular complexity index is 727. The molecule has 1 aliphatic rings. The van der Waals surface area contributed by atoms with Gasteiger partial charge in [0.1, 0.15) is 5.75 Å². The van der Waals surface area contributed by atoms with Crippen molar-refractivity contribution in [3.8, 4) is 5.75 Å². The summed E-state index contributed by atoms with van der Waals surface area (Å²) in [6.07, 6.45) is 0. The minimum atomic E-state index is -0.523. The lowest BCUT2D eigenvalue weighted by Crippen LogP contribution is -2.20. The summed E-state index contributed by atoms with van der Waals surface area (Å²) in [7, 11) is 0. The molecule has 0 unspecified atom stereocenters. The third-order valence-corrected chi connectivity index (χ3v) is 3.78. The van der Waals surface area contributed by atoms with Gasteiger partial charge in [-0.2, -0.15) is 0 Å². The molecule has 0 saturated carbocycles. The molecular formula is C14H8O4S. The maximum Gasteiger partial charge on any atom is 0.308 e. The summed E-state index contributed by atoms with van der Waals surface area (Å²) in [4.78, 5) is 36.2. The zero-order valence-corrected chi connectivity index (χ0v) is 10.7. The SMILES string of the molecule is CC(=O)Oc1cccc2c1C(=O)c1ccsc1C2=O. The second kappa shape index (κ2) is 4.13. The highest BCUT2D eigenvalue weighted by atomic mass is 32.1. The number of benzene rings is 1. The zero-order valence-electron chi connectivity index (χ0n) is 9.93. The lowest BCUT2D eigenvalue weighted by atomic mass is 9.88. The molecule has 0 fully saturated rings. The van der Waals surface area contributed by atoms with Gasteiger partial charge in [-0.3, -0.25) is 14.4 Å². The van der Waals surface area contributed by atoms with Crippen molar-refractivity contribution in [2.45, 2.75) is 6.92 Å². The van der Waals surface area contributed by atoms with E-state index >= 15 is 0 Å². The van der Waals surface area contributed by atoms with Gasteiger partial charge in [0.15, 0.2) is 5.78 Å². The zero-order chi connectivity index (χ0) is 13.6. The monoisotopic (exact) mass is 272 g/mol. The predicted octanol–water partition coefficient (Wildman–Crippen LogP) is 2.45. The first-order valence-electron chi connectivity index (χ1n) is 5.58. The number of rotatable bonds is 1. The van der Waals surface area contributed by atoms with E-state index in [1.807, 2.05) is 0 Å². The van der Waals surface area contributed by atoms with Gasteiger partial charge in [-0.25, -0.2) is 0 Å². The molecule has 0 spiro atoms. The van der Waals surface area contributed by atoms with Crippen molar-refractivity contribution in [2.75, 3.05) is 0 Å². The quantitative estimate of drug-likeness (QED) is 0.504. The number of hydrogen-bond donors (Lipinski definition) is 0. The maximum atomic E-state index is 12.4. The Hall–Kier alpha value is -2.27. The van der Waals surface area contributed by atoms with Gasteiger partial charge in [0.25, 0.3) is 0 Å². The van der Waals surface area contributed by atoms with Gasteiger partial charge in [0.2, 0.25) is 5.78 Å². The molecule has 0 radical (unpaired) electrons. The third kappa shape index (κ3) is 1.70. The molecule has 0 bridgehead atoms. The normalized spacial score (nSPS) is 12.9. The third-order valence-electron chi connectivity index (χ3n) is 2.87. The van der Waals surface area contributed by atoms with Gasteiger partial charge in [-0.1, -0.05) is 6.07 Å². The fraction of sp³-hybridized carbons (Fsp3) is 0.0714. The first kappa shape index (κ1) is 11.8. The molecule has 0 amide bonds. The Morgan fingerprint density at radius 1 is 1.11 bits per heavy atom. The highest BCUT2D eigenvalue weighted by molar-refractivity contribution is 7.12. The van der Waals surface area contributed by atoms with Gasteiger partial charge in [-0.15, -0.1) is 11.3 Å². The lowest BCUT2D eigenvalue weighted by molar-refractivity contribution is -0.131. The average Bonchev–Trinajstić information content (AvgIpc) is 2.84. The first-order chi connectivity index (χ1) is 9.09. The van der Waals surface area contributed by atoms with Crippen LogP contribution in [0.25, 0.3) is 0 Å². The summed E-state index contributed by atoms with van der Waals surface area (Å²) in [5.74, 6) is -0.860. The molecule has 1 aliphatic carbocycles. The van der Waals surface area contributed by atoms with Crippen molar-refractivity contribution in [1.29, 1.82) is 0 Å². The van der Waals surface area contributed by atoms with Gasteiger partial charge in [0.05, 0.1) is 10.4 Å². The molecule has 1 aromatic carbocycles. The topological polar surface area (TPSA) is 60.4 Å². The minimum absolute atomic E-state index is 0.139. The van der Waals surface area contributed by atoms with Crippen molar-refractivity contribution in [3.63, 3.8) is 0 Å². The summed E-state index contributed by atoms with van der Waals surface area (Å²) in [5, 5.41) is 1.71. The van der Waals surface area contributed by atoms with Crippen LogP contribution in [0.3, 0.4) is 0 Å². The van der Waals surface area contributed by atoms with Crippen molar-refractivity contribution in [1.82, 2.24) is 0 Å². The van der Waals surface area contributed by atoms with Crippen molar-refractivity contribution in [3.05, 3.63) is 51.2 Å². The maximum absolute atomic E-state index is 12.4. The van der Waals surface area contributed by atoms with Crippen LogP contribution in [0.1, 0.15) is 38.1 Å². The van der Waals surface area contributed by atoms with Crippen molar-refractivity contribution in [2.24, 2.45) is 0 Å². The second-order valence-electron chi connectivity index (χ2n) is 4.09. The van der Waals surface area contributed by atoms with Crippen LogP contribution in [0.4, 0.5) is 0 Å². The van der Waals surface area contributed by atoms with Gasteiger partial charge in [-0.05, 0) is 23.6 Å². The van der Waals surface area contributed by atoms with E-state index in [0.717, 1.165) is 0 Å². The molecule has 4 nitrogen and oxygen atoms in total. The second-order valence-corrected chi connectivity index (χ2v) is 5.01. The van der Waals surface area contributed by atoms with Crippen LogP contribution in [-0.4, -0.2) is 17.5 Å². The van der Waals surface area contributed by atoms with E-state index in [-0.39, 0.29) is 22.9 Å². The summed E-state index contributed by atoms with van der Waals surface area (Å²) in [6.45, 7) is 1.25. The van der Waals surface area contributed by atoms with E-state index in [0.29, 0.717) is 16.0 Å². The molecule has 1 aromatic heterocycles. The summed E-state index contributed by atoms with van der Waals surface area (Å²) in [6, 6.07) is 6.31. The lowest BCUT2D eigenvalue weighted by Gasteiger charge is -2.16. The summed E-state index contributed by atoms with van der Waals surface area (Å²) >= 11 is 1.24. The van der Waals surface area contributed by atoms with E-state index in [4.69, 9.17) is 4.74 Å². The van der Waals surface area contributed by atoms with Gasteiger partial charge in [0, 0.05) is 18.1 Å². The Morgan fingerprint density at radius 3 is 2.63 bits per heavy atom. The Balaban J connectivity index is 2.24. The Morgan fingerprint density at radius 2 is 1.89 bits per heavy atom. The van der Waals surface area contributed by atoms with E-state index in [1.54, 1.807) is 23.6 Å². The minimum Gasteiger partial charge on any atom is -0.426 e. The summed E-state index contributed by atoms with van der Waals surface area (Å²) in [5.41, 5.74) is 0.842. The molecular weight excluding hydrogens is 264 g/mol. The fourth-order valence-electron chi connectivity index (χ4n) is 2.12. The van der Waals surface area contributed by atoms with E-state index < -0.39 is 5.97 Å². The number of hydrogen-bond acceptors (Lipinski definition) is 5. The number of esters is 1. The van der Waals surface area contributed by atoms with Crippen LogP contribution < -0.4 is 4.74 Å². The fourth-order valence-corrected chi connectivity index (χ4v) is 2.96. The number of ketones is 2. The number of thiophene rings is 1. The molecule has 0 saturated heterocycles. The number of carbonyl (C=O) groups is 3. The average molecular weight is 272 g/mol. The largest absolute Gasteiger partial charge is 0.426 e. The molecule has 19 heavy (non-hydrogen) atoms. The van der Waals surface area contributed by atoms with Crippen molar-refractivity contribution < 1.29 is 19.1 Å². The van der Waals surface area contributed by atoms with Crippen LogP contribution >= 0.6 is 11.3 Å². The highest BCUT2D eigenvalue weighted by Gasteiger charge is 2.33. The van der Waals surface area contributed by atoms with Crippen LogP contribution in [0.2, 0.25) is 0 Å². The molecule has 5 heteroatoms. The molecule has 0 N–H and O–H groups in total. The van der Waals surface area contributed by atoms with Gasteiger partial charge < -0.3 is 4.74 Å². The number of ether oxygens (including phenoxy) is 1. The molecule has 0 aliphatic heterocycles. The van der Waals surface area contributed by atoms with E-state index in [2.05, 4.69) is 0 Å². The van der Waals surface area contributed by atoms with E-state index in [1.165, 1.54) is 24.3 Å². The molecule has 3 rings (SSSR count). The molecule has 2 aromatic rings. The summed E-state index contributed by atoms with van der Waals surface area (Å²) < 4.78 is 5.01. The Kier molecular flexibility index (Phi) is 2.57. The van der Waals surface area contributed by atoms with Crippen LogP contribution in [-0.2, 0) is 4.79 Å². The standard InChI is InChI=1S/C14H8O4S/c1-7(15)18-10-4-2-3-8-11(10)12(16)9-5-6-19-14(9)13(8)17/h2-6H,1H3. The number of carbonyl (C=O) groups excluding carboxylic acids is 3. The van der Waals surface area contributed by atoms with Crippen LogP contribution in [0.5, 0.6) is 5.75 Å². The molecule has 1 heterocycles. The molecule has 0 atom stereocenters. The predicted molar refractivity (Wildman–Crippen MR) is 68.9 cm³/mol. The van der Waals surface area contributed by atoms with Gasteiger partial charge >= 0.3 is 5.97 Å². The van der Waals surface area contributed by atoms with Crippen LogP contribution in [0.15, 0.2) is 29.6 Å². The van der Waals surface area contributed by atoms with E-state index in [9.17, 15) is 14.4 Å². The smallest absolute Gasteiger partial charge is 0.308 e. The first-order valence-corrected chi connectivity index (χ1v) is 6.46. The number of fused-ring (bicyclic) bond motifs is 2. The Labute approximate surface area is 112 Å². The highest BCUT2D eigenvalue weighted by Crippen LogP contribution is 2.35. The van der Waals surface area contributed by atoms with Crippen molar-refractivity contribution >= 4 is 28.9 Å².